The highest BCUT2D eigenvalue weighted by Crippen LogP contribution is 2.36. The van der Waals surface area contributed by atoms with Crippen LogP contribution in [0.15, 0.2) is 17.2 Å². The van der Waals surface area contributed by atoms with Crippen LogP contribution >= 0.6 is 11.8 Å². The van der Waals surface area contributed by atoms with Gasteiger partial charge in [-0.1, -0.05) is 6.92 Å². The normalized spacial score (nSPS) is 12.0. The van der Waals surface area contributed by atoms with Gasteiger partial charge < -0.3 is 9.30 Å². The Morgan fingerprint density at radius 1 is 1.29 bits per heavy atom. The summed E-state index contributed by atoms with van der Waals surface area (Å²) < 4.78 is 47.0. The molecule has 150 valence electrons. The summed E-state index contributed by atoms with van der Waals surface area (Å²) in [6.07, 6.45) is -3.42. The Bertz CT molecular complexity index is 1040. The second-order valence-electron chi connectivity index (χ2n) is 5.85. The highest BCUT2D eigenvalue weighted by atomic mass is 32.2. The Morgan fingerprint density at radius 3 is 2.61 bits per heavy atom. The van der Waals surface area contributed by atoms with Crippen molar-refractivity contribution in [3.05, 3.63) is 23.7 Å². The Hall–Kier alpha value is -2.56. The molecule has 0 N–H and O–H groups in total. The van der Waals surface area contributed by atoms with Crippen molar-refractivity contribution in [2.45, 2.75) is 24.9 Å². The van der Waals surface area contributed by atoms with Gasteiger partial charge in [0.25, 0.3) is 0 Å². The van der Waals surface area contributed by atoms with Crippen LogP contribution in [0.25, 0.3) is 22.6 Å². The molecule has 0 amide bonds. The number of fused-ring (bicyclic) bond motifs is 1. The van der Waals surface area contributed by atoms with Crippen molar-refractivity contribution < 1.29 is 22.7 Å². The molecular formula is C17H18F3N5O2S. The van der Waals surface area contributed by atoms with E-state index in [0.29, 0.717) is 27.7 Å². The van der Waals surface area contributed by atoms with Crippen molar-refractivity contribution >= 4 is 28.8 Å². The highest BCUT2D eigenvalue weighted by molar-refractivity contribution is 7.99. The summed E-state index contributed by atoms with van der Waals surface area (Å²) >= 11 is 1.39. The predicted molar refractivity (Wildman–Crippen MR) is 98.1 cm³/mol. The number of rotatable bonds is 5. The molecule has 0 saturated heterocycles. The average molecular weight is 413 g/mol. The number of aromatic nitrogens is 5. The zero-order chi connectivity index (χ0) is 20.6. The van der Waals surface area contributed by atoms with Gasteiger partial charge in [0.15, 0.2) is 11.5 Å². The largest absolute Gasteiger partial charge is 0.461 e. The molecule has 3 heterocycles. The molecule has 0 aliphatic carbocycles. The molecule has 0 aromatic carbocycles. The smallest absolute Gasteiger partial charge is 0.433 e. The van der Waals surface area contributed by atoms with Crippen molar-refractivity contribution in [2.75, 3.05) is 12.4 Å². The van der Waals surface area contributed by atoms with Gasteiger partial charge in [-0.2, -0.15) is 18.3 Å². The quantitative estimate of drug-likeness (QED) is 0.469. The number of hydrogen-bond donors (Lipinski definition) is 0. The molecule has 0 atom stereocenters. The average Bonchev–Trinajstić information content (AvgIpc) is 3.11. The molecule has 11 heteroatoms. The van der Waals surface area contributed by atoms with E-state index in [1.54, 1.807) is 25.6 Å². The molecule has 0 saturated carbocycles. The van der Waals surface area contributed by atoms with E-state index in [4.69, 9.17) is 4.74 Å². The number of aryl methyl sites for hydroxylation is 2. The minimum absolute atomic E-state index is 0.149. The second kappa shape index (κ2) is 7.46. The first-order valence-corrected chi connectivity index (χ1v) is 9.44. The number of thioether (sulfide) groups is 1. The van der Waals surface area contributed by atoms with E-state index in [2.05, 4.69) is 15.1 Å². The minimum atomic E-state index is -4.56. The van der Waals surface area contributed by atoms with E-state index in [0.717, 1.165) is 12.3 Å². The number of halogens is 3. The van der Waals surface area contributed by atoms with Crippen molar-refractivity contribution in [1.29, 1.82) is 0 Å². The lowest BCUT2D eigenvalue weighted by molar-refractivity contribution is -0.141. The van der Waals surface area contributed by atoms with E-state index >= 15 is 0 Å². The maximum absolute atomic E-state index is 13.0. The van der Waals surface area contributed by atoms with Crippen molar-refractivity contribution in [2.24, 2.45) is 14.1 Å². The topological polar surface area (TPSA) is 74.8 Å². The van der Waals surface area contributed by atoms with Gasteiger partial charge in [0.05, 0.1) is 28.7 Å². The number of carbonyl (C=O) groups excluding carboxylic acids is 1. The fraction of sp³-hybridized carbons (Fsp3) is 0.412. The molecule has 3 aromatic heterocycles. The van der Waals surface area contributed by atoms with E-state index in [1.807, 2.05) is 6.92 Å². The van der Waals surface area contributed by atoms with Crippen molar-refractivity contribution in [3.63, 3.8) is 0 Å². The van der Waals surface area contributed by atoms with Gasteiger partial charge in [-0.05, 0) is 18.7 Å². The lowest BCUT2D eigenvalue weighted by Gasteiger charge is -2.06. The van der Waals surface area contributed by atoms with Gasteiger partial charge in [0.1, 0.15) is 11.4 Å². The molecule has 7 nitrogen and oxygen atoms in total. The summed E-state index contributed by atoms with van der Waals surface area (Å²) in [5, 5.41) is 4.40. The Balaban J connectivity index is 2.20. The number of esters is 1. The van der Waals surface area contributed by atoms with Crippen LogP contribution in [0.1, 0.15) is 30.0 Å². The third-order valence-corrected chi connectivity index (χ3v) is 4.99. The molecule has 3 rings (SSSR count). The van der Waals surface area contributed by atoms with E-state index in [1.165, 1.54) is 16.4 Å². The van der Waals surface area contributed by atoms with Crippen LogP contribution in [-0.2, 0) is 25.0 Å². The zero-order valence-corrected chi connectivity index (χ0v) is 16.5. The minimum Gasteiger partial charge on any atom is -0.461 e. The van der Waals surface area contributed by atoms with E-state index < -0.39 is 17.8 Å². The predicted octanol–water partition coefficient (Wildman–Crippen LogP) is 3.68. The van der Waals surface area contributed by atoms with Gasteiger partial charge in [-0.3, -0.25) is 4.68 Å². The van der Waals surface area contributed by atoms with E-state index in [9.17, 15) is 18.0 Å². The van der Waals surface area contributed by atoms with Crippen molar-refractivity contribution in [3.8, 4) is 11.5 Å². The molecule has 0 bridgehead atoms. The van der Waals surface area contributed by atoms with Crippen LogP contribution in [0.4, 0.5) is 13.2 Å². The monoisotopic (exact) mass is 413 g/mol. The second-order valence-corrected chi connectivity index (χ2v) is 7.13. The number of pyridine rings is 1. The first-order chi connectivity index (χ1) is 13.2. The van der Waals surface area contributed by atoms with Crippen LogP contribution in [0.5, 0.6) is 0 Å². The van der Waals surface area contributed by atoms with Gasteiger partial charge in [-0.15, -0.1) is 11.8 Å². The number of ether oxygens (including phenoxy) is 1. The maximum Gasteiger partial charge on any atom is 0.433 e. The number of nitrogens with zero attached hydrogens (tertiary/aromatic N) is 5. The van der Waals surface area contributed by atoms with Crippen LogP contribution in [0.3, 0.4) is 0 Å². The number of hydrogen-bond acceptors (Lipinski definition) is 6. The molecular weight excluding hydrogens is 395 g/mol. The maximum atomic E-state index is 13.0. The lowest BCUT2D eigenvalue weighted by atomic mass is 10.3. The van der Waals surface area contributed by atoms with Gasteiger partial charge in [0, 0.05) is 14.1 Å². The molecule has 28 heavy (non-hydrogen) atoms. The summed E-state index contributed by atoms with van der Waals surface area (Å²) in [6, 6.07) is 0.903. The summed E-state index contributed by atoms with van der Waals surface area (Å²) in [4.78, 5) is 20.8. The van der Waals surface area contributed by atoms with Crippen LogP contribution < -0.4 is 0 Å². The lowest BCUT2D eigenvalue weighted by Crippen LogP contribution is -2.11. The zero-order valence-electron chi connectivity index (χ0n) is 15.7. The summed E-state index contributed by atoms with van der Waals surface area (Å²) in [7, 11) is 3.28. The van der Waals surface area contributed by atoms with Crippen molar-refractivity contribution in [1.82, 2.24) is 24.3 Å². The SMILES string of the molecule is CCOC(=O)c1c(SCC)c(-c2nc3cc(C(F)(F)F)ncc3n2C)nn1C. The molecule has 0 radical (unpaired) electrons. The molecule has 3 aromatic rings. The van der Waals surface area contributed by atoms with Crippen LogP contribution in [0, 0.1) is 0 Å². The third-order valence-electron chi connectivity index (χ3n) is 4.03. The number of alkyl halides is 3. The fourth-order valence-corrected chi connectivity index (χ4v) is 3.72. The molecule has 0 fully saturated rings. The summed E-state index contributed by atoms with van der Waals surface area (Å²) in [5.41, 5.74) is 0.255. The van der Waals surface area contributed by atoms with Crippen LogP contribution in [-0.4, -0.2) is 42.6 Å². The highest BCUT2D eigenvalue weighted by Gasteiger charge is 2.33. The van der Waals surface area contributed by atoms with Gasteiger partial charge in [-0.25, -0.2) is 14.8 Å². The molecule has 0 aliphatic rings. The number of imidazole rings is 1. The first kappa shape index (κ1) is 20.2. The Labute approximate surface area is 162 Å². The standard InChI is InChI=1S/C17H18F3N5O2S/c1-5-27-16(26)13-14(28-6-2)12(23-25(13)4)15-22-9-7-11(17(18,19)20)21-8-10(9)24(15)3/h7-8H,5-6H2,1-4H3. The van der Waals surface area contributed by atoms with Gasteiger partial charge >= 0.3 is 12.1 Å². The Morgan fingerprint density at radius 2 is 2.00 bits per heavy atom. The van der Waals surface area contributed by atoms with Crippen LogP contribution in [0.2, 0.25) is 0 Å². The molecule has 0 spiro atoms. The summed E-state index contributed by atoms with van der Waals surface area (Å²) in [6.45, 7) is 3.84. The van der Waals surface area contributed by atoms with Gasteiger partial charge in [0.2, 0.25) is 0 Å². The third kappa shape index (κ3) is 3.46. The fourth-order valence-electron chi connectivity index (χ4n) is 2.81. The number of carbonyl (C=O) groups is 1. The summed E-state index contributed by atoms with van der Waals surface area (Å²) in [5.74, 6) is 0.493. The Kier molecular flexibility index (Phi) is 5.37. The molecule has 0 unspecified atom stereocenters. The first-order valence-electron chi connectivity index (χ1n) is 8.45. The molecule has 0 aliphatic heterocycles. The van der Waals surface area contributed by atoms with E-state index in [-0.39, 0.29) is 17.8 Å².